The van der Waals surface area contributed by atoms with Gasteiger partial charge in [0.15, 0.2) is 0 Å². The first-order chi connectivity index (χ1) is 4.47. The van der Waals surface area contributed by atoms with Crippen molar-refractivity contribution < 1.29 is 0 Å². The molecule has 0 saturated carbocycles. The third kappa shape index (κ3) is 0.840. The van der Waals surface area contributed by atoms with E-state index in [0.29, 0.717) is 0 Å². The summed E-state index contributed by atoms with van der Waals surface area (Å²) in [6.07, 6.45) is 1.71. The Morgan fingerprint density at radius 1 is 1.56 bits per heavy atom. The zero-order valence-electron chi connectivity index (χ0n) is 4.50. The predicted octanol–water partition coefficient (Wildman–Crippen LogP) is 2.02. The van der Waals surface area contributed by atoms with Crippen LogP contribution in [0.5, 0.6) is 0 Å². The van der Waals surface area contributed by atoms with E-state index in [0.717, 1.165) is 5.00 Å². The minimum atomic E-state index is 1.11. The van der Waals surface area contributed by atoms with E-state index >= 15 is 0 Å². The molecule has 2 rings (SSSR count). The van der Waals surface area contributed by atoms with Crippen molar-refractivity contribution in [1.29, 1.82) is 0 Å². The van der Waals surface area contributed by atoms with Crippen molar-refractivity contribution in [3.8, 4) is 0 Å². The van der Waals surface area contributed by atoms with Crippen molar-refractivity contribution in [3.63, 3.8) is 0 Å². The fourth-order valence-corrected chi connectivity index (χ4v) is 2.13. The van der Waals surface area contributed by atoms with Crippen LogP contribution in [0.15, 0.2) is 21.3 Å². The summed E-state index contributed by atoms with van der Waals surface area (Å²) in [7, 11) is 0. The standard InChI is InChI=1S/C5H4N2S2/c1-2-8-5-4(1)9-7-3-6-5/h1-3H,(H,6,7). The maximum atomic E-state index is 4.11. The lowest BCUT2D eigenvalue weighted by Crippen LogP contribution is -2.00. The molecular weight excluding hydrogens is 152 g/mol. The molecule has 1 aliphatic heterocycles. The number of hydrogen-bond acceptors (Lipinski definition) is 4. The second kappa shape index (κ2) is 2.04. The normalized spacial score (nSPS) is 14.7. The summed E-state index contributed by atoms with van der Waals surface area (Å²) in [5, 5.41) is 3.15. The summed E-state index contributed by atoms with van der Waals surface area (Å²) in [6.45, 7) is 0. The monoisotopic (exact) mass is 156 g/mol. The number of rotatable bonds is 0. The van der Waals surface area contributed by atoms with Gasteiger partial charge in [-0.25, -0.2) is 4.99 Å². The maximum absolute atomic E-state index is 4.11. The van der Waals surface area contributed by atoms with Crippen LogP contribution in [-0.4, -0.2) is 6.34 Å². The van der Waals surface area contributed by atoms with Gasteiger partial charge in [-0.1, -0.05) is 0 Å². The molecule has 0 aromatic carbocycles. The molecule has 0 spiro atoms. The van der Waals surface area contributed by atoms with Gasteiger partial charge in [0, 0.05) is 0 Å². The summed E-state index contributed by atoms with van der Waals surface area (Å²) in [5.41, 5.74) is 0. The van der Waals surface area contributed by atoms with Gasteiger partial charge in [-0.15, -0.1) is 11.3 Å². The first-order valence-corrected chi connectivity index (χ1v) is 4.19. The number of nitrogens with one attached hydrogen (secondary N) is 1. The summed E-state index contributed by atoms with van der Waals surface area (Å²) >= 11 is 3.27. The zero-order chi connectivity index (χ0) is 6.10. The van der Waals surface area contributed by atoms with E-state index in [9.17, 15) is 0 Å². The second-order valence-corrected chi connectivity index (χ2v) is 3.34. The molecule has 0 saturated heterocycles. The molecular formula is C5H4N2S2. The predicted molar refractivity (Wildman–Crippen MR) is 41.5 cm³/mol. The van der Waals surface area contributed by atoms with E-state index in [2.05, 4.69) is 15.8 Å². The van der Waals surface area contributed by atoms with Gasteiger partial charge in [0.2, 0.25) is 0 Å². The van der Waals surface area contributed by atoms with Crippen molar-refractivity contribution in [2.45, 2.75) is 4.90 Å². The highest BCUT2D eigenvalue weighted by Gasteiger charge is 2.04. The van der Waals surface area contributed by atoms with Gasteiger partial charge in [-0.05, 0) is 23.4 Å². The van der Waals surface area contributed by atoms with E-state index in [1.807, 2.05) is 5.38 Å². The van der Waals surface area contributed by atoms with Crippen LogP contribution >= 0.6 is 23.3 Å². The summed E-state index contributed by atoms with van der Waals surface area (Å²) in [5.74, 6) is 0. The molecule has 1 aromatic rings. The molecule has 0 atom stereocenters. The largest absolute Gasteiger partial charge is 0.316 e. The molecule has 4 heteroatoms. The third-order valence-corrected chi connectivity index (χ3v) is 2.74. The SMILES string of the molecule is C1=Nc2sccc2SN1. The van der Waals surface area contributed by atoms with E-state index in [1.165, 1.54) is 4.90 Å². The molecule has 2 nitrogen and oxygen atoms in total. The van der Waals surface area contributed by atoms with Crippen LogP contribution in [0.2, 0.25) is 0 Å². The molecule has 0 radical (unpaired) electrons. The number of nitrogens with zero attached hydrogens (tertiary/aromatic N) is 1. The van der Waals surface area contributed by atoms with Gasteiger partial charge in [-0.3, -0.25) is 0 Å². The van der Waals surface area contributed by atoms with Crippen molar-refractivity contribution >= 4 is 34.6 Å². The highest BCUT2D eigenvalue weighted by molar-refractivity contribution is 7.98. The Bertz CT molecular complexity index is 241. The summed E-state index contributed by atoms with van der Waals surface area (Å²) in [6, 6.07) is 2.06. The van der Waals surface area contributed by atoms with E-state index in [1.54, 1.807) is 29.6 Å². The molecule has 9 heavy (non-hydrogen) atoms. The Labute approximate surface area is 61.1 Å². The fraction of sp³-hybridized carbons (Fsp3) is 0. The average molecular weight is 156 g/mol. The first kappa shape index (κ1) is 5.32. The Hall–Kier alpha value is -0.480. The van der Waals surface area contributed by atoms with Gasteiger partial charge >= 0.3 is 0 Å². The summed E-state index contributed by atoms with van der Waals surface area (Å²) < 4.78 is 2.96. The molecule has 1 aromatic heterocycles. The molecule has 2 heterocycles. The zero-order valence-corrected chi connectivity index (χ0v) is 6.13. The van der Waals surface area contributed by atoms with Gasteiger partial charge in [-0.2, -0.15) is 0 Å². The van der Waals surface area contributed by atoms with Gasteiger partial charge in [0.1, 0.15) is 5.00 Å². The number of hydrogen-bond donors (Lipinski definition) is 1. The van der Waals surface area contributed by atoms with Crippen molar-refractivity contribution in [3.05, 3.63) is 11.4 Å². The molecule has 0 bridgehead atoms. The Balaban J connectivity index is 2.53. The highest BCUT2D eigenvalue weighted by Crippen LogP contribution is 2.34. The van der Waals surface area contributed by atoms with Crippen LogP contribution in [0.25, 0.3) is 0 Å². The lowest BCUT2D eigenvalue weighted by molar-refractivity contribution is 1.39. The Morgan fingerprint density at radius 3 is 3.44 bits per heavy atom. The van der Waals surface area contributed by atoms with Gasteiger partial charge in [0.25, 0.3) is 0 Å². The highest BCUT2D eigenvalue weighted by atomic mass is 32.2. The van der Waals surface area contributed by atoms with Crippen molar-refractivity contribution in [2.75, 3.05) is 0 Å². The summed E-state index contributed by atoms with van der Waals surface area (Å²) in [4.78, 5) is 5.34. The Kier molecular flexibility index (Phi) is 1.20. The van der Waals surface area contributed by atoms with Gasteiger partial charge in [0.05, 0.1) is 11.2 Å². The maximum Gasteiger partial charge on any atom is 0.133 e. The molecule has 0 fully saturated rings. The number of thiophene rings is 1. The van der Waals surface area contributed by atoms with Crippen LogP contribution in [-0.2, 0) is 0 Å². The third-order valence-electron chi connectivity index (χ3n) is 1.01. The molecule has 0 aliphatic carbocycles. The minimum absolute atomic E-state index is 1.11. The lowest BCUT2D eigenvalue weighted by Gasteiger charge is -2.02. The van der Waals surface area contributed by atoms with Crippen LogP contribution in [0.3, 0.4) is 0 Å². The van der Waals surface area contributed by atoms with E-state index in [-0.39, 0.29) is 0 Å². The molecule has 0 amide bonds. The van der Waals surface area contributed by atoms with E-state index in [4.69, 9.17) is 0 Å². The van der Waals surface area contributed by atoms with Crippen LogP contribution in [0.1, 0.15) is 0 Å². The first-order valence-electron chi connectivity index (χ1n) is 2.49. The van der Waals surface area contributed by atoms with Crippen molar-refractivity contribution in [2.24, 2.45) is 4.99 Å². The number of fused-ring (bicyclic) bond motifs is 1. The fourth-order valence-electron chi connectivity index (χ4n) is 0.636. The van der Waals surface area contributed by atoms with Gasteiger partial charge < -0.3 is 4.72 Å². The number of aliphatic imine (C=N–C) groups is 1. The molecule has 0 unspecified atom stereocenters. The van der Waals surface area contributed by atoms with E-state index < -0.39 is 0 Å². The average Bonchev–Trinajstić information content (AvgIpc) is 2.33. The minimum Gasteiger partial charge on any atom is -0.316 e. The topological polar surface area (TPSA) is 24.4 Å². The molecule has 46 valence electrons. The Morgan fingerprint density at radius 2 is 2.56 bits per heavy atom. The van der Waals surface area contributed by atoms with Crippen molar-refractivity contribution in [1.82, 2.24) is 4.72 Å². The second-order valence-electron chi connectivity index (χ2n) is 1.57. The van der Waals surface area contributed by atoms with Crippen LogP contribution in [0, 0.1) is 0 Å². The van der Waals surface area contributed by atoms with Crippen LogP contribution in [0.4, 0.5) is 5.00 Å². The quantitative estimate of drug-likeness (QED) is 0.581. The lowest BCUT2D eigenvalue weighted by atomic mass is 10.6. The van der Waals surface area contributed by atoms with Crippen LogP contribution < -0.4 is 4.72 Å². The molecule has 1 N–H and O–H groups in total. The smallest absolute Gasteiger partial charge is 0.133 e. The molecule has 1 aliphatic rings.